The summed E-state index contributed by atoms with van der Waals surface area (Å²) in [5.41, 5.74) is 7.79. The third-order valence-electron chi connectivity index (χ3n) is 2.25. The molecule has 0 aromatic carbocycles. The van der Waals surface area contributed by atoms with E-state index in [9.17, 15) is 0 Å². The van der Waals surface area contributed by atoms with E-state index in [1.54, 1.807) is 11.3 Å². The van der Waals surface area contributed by atoms with Crippen LogP contribution >= 0.6 is 11.3 Å². The van der Waals surface area contributed by atoms with E-state index < -0.39 is 0 Å². The number of rotatable bonds is 3. The molecule has 0 radical (unpaired) electrons. The summed E-state index contributed by atoms with van der Waals surface area (Å²) in [6, 6.07) is 4.04. The SMILES string of the molecule is Cc1cc(N(C)Cc2ccsc2)nc(N)n1. The number of hydrogen-bond acceptors (Lipinski definition) is 5. The number of thiophene rings is 1. The second kappa shape index (κ2) is 4.49. The molecule has 0 aliphatic rings. The summed E-state index contributed by atoms with van der Waals surface area (Å²) in [5.74, 6) is 1.18. The molecule has 2 aromatic heterocycles. The van der Waals surface area contributed by atoms with Crippen LogP contribution in [0.5, 0.6) is 0 Å². The van der Waals surface area contributed by atoms with Gasteiger partial charge >= 0.3 is 0 Å². The summed E-state index contributed by atoms with van der Waals surface area (Å²) in [7, 11) is 2.00. The molecular formula is C11H14N4S. The number of nitrogens with two attached hydrogens (primary N) is 1. The normalized spacial score (nSPS) is 10.4. The van der Waals surface area contributed by atoms with E-state index >= 15 is 0 Å². The van der Waals surface area contributed by atoms with Crippen LogP contribution in [0.4, 0.5) is 11.8 Å². The molecule has 0 saturated heterocycles. The number of hydrogen-bond donors (Lipinski definition) is 1. The van der Waals surface area contributed by atoms with Crippen molar-refractivity contribution in [3.05, 3.63) is 34.2 Å². The molecular weight excluding hydrogens is 220 g/mol. The van der Waals surface area contributed by atoms with Gasteiger partial charge in [-0.3, -0.25) is 0 Å². The van der Waals surface area contributed by atoms with Gasteiger partial charge in [0, 0.05) is 25.4 Å². The molecule has 0 aliphatic heterocycles. The van der Waals surface area contributed by atoms with E-state index in [2.05, 4.69) is 31.7 Å². The maximum Gasteiger partial charge on any atom is 0.222 e. The molecule has 2 N–H and O–H groups in total. The number of aryl methyl sites for hydroxylation is 1. The molecule has 0 unspecified atom stereocenters. The molecule has 0 fully saturated rings. The van der Waals surface area contributed by atoms with Gasteiger partial charge < -0.3 is 10.6 Å². The molecule has 0 amide bonds. The molecule has 0 atom stereocenters. The molecule has 5 heteroatoms. The smallest absolute Gasteiger partial charge is 0.222 e. The van der Waals surface area contributed by atoms with Crippen molar-refractivity contribution in [3.8, 4) is 0 Å². The molecule has 2 heterocycles. The first-order chi connectivity index (χ1) is 7.65. The third-order valence-corrected chi connectivity index (χ3v) is 2.98. The van der Waals surface area contributed by atoms with Gasteiger partial charge in [0.1, 0.15) is 5.82 Å². The van der Waals surface area contributed by atoms with Crippen molar-refractivity contribution in [2.45, 2.75) is 13.5 Å². The Bertz CT molecular complexity index is 447. The molecule has 84 valence electrons. The Labute approximate surface area is 98.8 Å². The lowest BCUT2D eigenvalue weighted by atomic mass is 10.3. The maximum absolute atomic E-state index is 5.62. The average molecular weight is 234 g/mol. The fourth-order valence-electron chi connectivity index (χ4n) is 1.51. The van der Waals surface area contributed by atoms with E-state index in [4.69, 9.17) is 5.73 Å². The third kappa shape index (κ3) is 2.49. The van der Waals surface area contributed by atoms with Crippen LogP contribution in [-0.4, -0.2) is 17.0 Å². The van der Waals surface area contributed by atoms with Gasteiger partial charge in [-0.1, -0.05) is 0 Å². The Morgan fingerprint density at radius 2 is 2.25 bits per heavy atom. The first-order valence-corrected chi connectivity index (χ1v) is 5.93. The molecule has 2 rings (SSSR count). The monoisotopic (exact) mass is 234 g/mol. The van der Waals surface area contributed by atoms with Gasteiger partial charge in [0.2, 0.25) is 5.95 Å². The van der Waals surface area contributed by atoms with Crippen molar-refractivity contribution >= 4 is 23.1 Å². The van der Waals surface area contributed by atoms with Crippen LogP contribution < -0.4 is 10.6 Å². The summed E-state index contributed by atoms with van der Waals surface area (Å²) in [6.07, 6.45) is 0. The second-order valence-corrected chi connectivity index (χ2v) is 4.49. The Morgan fingerprint density at radius 3 is 2.88 bits per heavy atom. The van der Waals surface area contributed by atoms with Crippen LogP contribution in [0.15, 0.2) is 22.9 Å². The Morgan fingerprint density at radius 1 is 1.44 bits per heavy atom. The van der Waals surface area contributed by atoms with Crippen molar-refractivity contribution in [1.82, 2.24) is 9.97 Å². The number of nitrogen functional groups attached to an aromatic ring is 1. The van der Waals surface area contributed by atoms with Crippen molar-refractivity contribution in [2.24, 2.45) is 0 Å². The zero-order chi connectivity index (χ0) is 11.5. The highest BCUT2D eigenvalue weighted by molar-refractivity contribution is 7.07. The zero-order valence-corrected chi connectivity index (χ0v) is 10.2. The summed E-state index contributed by atoms with van der Waals surface area (Å²) in [6.45, 7) is 2.75. The fraction of sp³-hybridized carbons (Fsp3) is 0.273. The van der Waals surface area contributed by atoms with Gasteiger partial charge in [0.25, 0.3) is 0 Å². The van der Waals surface area contributed by atoms with Crippen molar-refractivity contribution in [1.29, 1.82) is 0 Å². The van der Waals surface area contributed by atoms with Gasteiger partial charge in [-0.2, -0.15) is 16.3 Å². The summed E-state index contributed by atoms with van der Waals surface area (Å²) in [4.78, 5) is 10.3. The lowest BCUT2D eigenvalue weighted by Crippen LogP contribution is -2.18. The lowest BCUT2D eigenvalue weighted by molar-refractivity contribution is 0.893. The van der Waals surface area contributed by atoms with E-state index in [0.29, 0.717) is 5.95 Å². The van der Waals surface area contributed by atoms with Crippen LogP contribution in [-0.2, 0) is 6.54 Å². The standard InChI is InChI=1S/C11H14N4S/c1-8-5-10(14-11(12)13-8)15(2)6-9-3-4-16-7-9/h3-5,7H,6H2,1-2H3,(H2,12,13,14). The Kier molecular flexibility index (Phi) is 3.05. The summed E-state index contributed by atoms with van der Waals surface area (Å²) in [5, 5.41) is 4.21. The minimum absolute atomic E-state index is 0.326. The van der Waals surface area contributed by atoms with Crippen molar-refractivity contribution < 1.29 is 0 Å². The quantitative estimate of drug-likeness (QED) is 0.883. The molecule has 0 bridgehead atoms. The highest BCUT2D eigenvalue weighted by Gasteiger charge is 2.06. The highest BCUT2D eigenvalue weighted by atomic mass is 32.1. The van der Waals surface area contributed by atoms with E-state index in [1.807, 2.05) is 20.0 Å². The Hall–Kier alpha value is -1.62. The van der Waals surface area contributed by atoms with E-state index in [1.165, 1.54) is 5.56 Å². The molecule has 0 spiro atoms. The van der Waals surface area contributed by atoms with Crippen LogP contribution in [0, 0.1) is 6.92 Å². The minimum Gasteiger partial charge on any atom is -0.368 e. The maximum atomic E-state index is 5.62. The molecule has 16 heavy (non-hydrogen) atoms. The predicted molar refractivity (Wildman–Crippen MR) is 67.6 cm³/mol. The van der Waals surface area contributed by atoms with Crippen LogP contribution in [0.1, 0.15) is 11.3 Å². The average Bonchev–Trinajstić information content (AvgIpc) is 2.68. The van der Waals surface area contributed by atoms with Gasteiger partial charge in [-0.25, -0.2) is 4.98 Å². The van der Waals surface area contributed by atoms with Gasteiger partial charge in [-0.15, -0.1) is 0 Å². The first-order valence-electron chi connectivity index (χ1n) is 4.98. The molecule has 0 saturated carbocycles. The minimum atomic E-state index is 0.326. The largest absolute Gasteiger partial charge is 0.368 e. The highest BCUT2D eigenvalue weighted by Crippen LogP contribution is 2.16. The predicted octanol–water partition coefficient (Wildman–Crippen LogP) is 2.07. The van der Waals surface area contributed by atoms with Crippen molar-refractivity contribution in [3.63, 3.8) is 0 Å². The van der Waals surface area contributed by atoms with Gasteiger partial charge in [-0.05, 0) is 29.3 Å². The number of aromatic nitrogens is 2. The van der Waals surface area contributed by atoms with Crippen LogP contribution in [0.2, 0.25) is 0 Å². The fourth-order valence-corrected chi connectivity index (χ4v) is 2.17. The summed E-state index contributed by atoms with van der Waals surface area (Å²) >= 11 is 1.70. The van der Waals surface area contributed by atoms with E-state index in [0.717, 1.165) is 18.1 Å². The Balaban J connectivity index is 2.17. The molecule has 2 aromatic rings. The van der Waals surface area contributed by atoms with Gasteiger partial charge in [0.15, 0.2) is 0 Å². The van der Waals surface area contributed by atoms with Crippen molar-refractivity contribution in [2.75, 3.05) is 17.7 Å². The number of anilines is 2. The first kappa shape index (κ1) is 10.9. The topological polar surface area (TPSA) is 55.0 Å². The van der Waals surface area contributed by atoms with Gasteiger partial charge in [0.05, 0.1) is 0 Å². The molecule has 0 aliphatic carbocycles. The zero-order valence-electron chi connectivity index (χ0n) is 9.34. The van der Waals surface area contributed by atoms with Crippen LogP contribution in [0.25, 0.3) is 0 Å². The second-order valence-electron chi connectivity index (χ2n) is 3.71. The molecule has 4 nitrogen and oxygen atoms in total. The van der Waals surface area contributed by atoms with Crippen LogP contribution in [0.3, 0.4) is 0 Å². The lowest BCUT2D eigenvalue weighted by Gasteiger charge is -2.17. The summed E-state index contributed by atoms with van der Waals surface area (Å²) < 4.78 is 0. The number of nitrogens with zero attached hydrogens (tertiary/aromatic N) is 3. The van der Waals surface area contributed by atoms with E-state index in [-0.39, 0.29) is 0 Å².